The highest BCUT2D eigenvalue weighted by Crippen LogP contribution is 2.29. The molecule has 1 atom stereocenters. The molecule has 0 saturated carbocycles. The Morgan fingerprint density at radius 1 is 1.30 bits per heavy atom. The standard InChI is InChI=1S/C20H23N5O4S/c1-13-8-15-11-21-23-19(15)17(9-13)30(28,29)25-6-3-4-14(12-25)20(27)22-16-5-7-24(2)18(26)10-16/h5,7-11,14H,3-4,6,12H2,1-2H3,(H,21,23)(H,22,27)/t14-/m1/s1. The average molecular weight is 430 g/mol. The first-order valence-corrected chi connectivity index (χ1v) is 11.1. The summed E-state index contributed by atoms with van der Waals surface area (Å²) >= 11 is 0. The summed E-state index contributed by atoms with van der Waals surface area (Å²) in [4.78, 5) is 24.7. The molecule has 0 aliphatic carbocycles. The first-order valence-electron chi connectivity index (χ1n) is 9.67. The van der Waals surface area contributed by atoms with Crippen LogP contribution in [0.25, 0.3) is 10.9 Å². The Morgan fingerprint density at radius 2 is 2.10 bits per heavy atom. The SMILES string of the molecule is Cc1cc(S(=O)(=O)N2CCC[C@@H](C(=O)Nc3ccn(C)c(=O)c3)C2)c2[nH]ncc2c1. The Bertz CT molecular complexity index is 1280. The second kappa shape index (κ2) is 7.69. The van der Waals surface area contributed by atoms with E-state index in [0.717, 1.165) is 10.9 Å². The molecule has 3 aromatic rings. The van der Waals surface area contributed by atoms with Crippen molar-refractivity contribution < 1.29 is 13.2 Å². The van der Waals surface area contributed by atoms with Crippen LogP contribution in [0, 0.1) is 12.8 Å². The van der Waals surface area contributed by atoms with E-state index in [0.29, 0.717) is 30.6 Å². The molecule has 0 bridgehead atoms. The molecule has 1 aliphatic rings. The maximum atomic E-state index is 13.4. The van der Waals surface area contributed by atoms with Gasteiger partial charge in [0.25, 0.3) is 5.56 Å². The second-order valence-electron chi connectivity index (χ2n) is 7.65. The molecule has 3 heterocycles. The van der Waals surface area contributed by atoms with Gasteiger partial charge in [-0.25, -0.2) is 8.42 Å². The van der Waals surface area contributed by atoms with Crippen molar-refractivity contribution in [3.8, 4) is 0 Å². The number of fused-ring (bicyclic) bond motifs is 1. The lowest BCUT2D eigenvalue weighted by molar-refractivity contribution is -0.120. The third kappa shape index (κ3) is 3.75. The third-order valence-corrected chi connectivity index (χ3v) is 7.29. The number of carbonyl (C=O) groups is 1. The van der Waals surface area contributed by atoms with Gasteiger partial charge >= 0.3 is 0 Å². The van der Waals surface area contributed by atoms with Crippen molar-refractivity contribution in [3.05, 3.63) is 52.6 Å². The Labute approximate surface area is 173 Å². The Morgan fingerprint density at radius 3 is 2.87 bits per heavy atom. The van der Waals surface area contributed by atoms with Crippen LogP contribution < -0.4 is 10.9 Å². The molecule has 158 valence electrons. The van der Waals surface area contributed by atoms with E-state index in [4.69, 9.17) is 0 Å². The van der Waals surface area contributed by atoms with E-state index in [1.807, 2.05) is 13.0 Å². The van der Waals surface area contributed by atoms with Crippen molar-refractivity contribution in [1.82, 2.24) is 19.1 Å². The number of aryl methyl sites for hydroxylation is 2. The lowest BCUT2D eigenvalue weighted by Gasteiger charge is -2.31. The lowest BCUT2D eigenvalue weighted by atomic mass is 9.99. The van der Waals surface area contributed by atoms with Gasteiger partial charge in [-0.05, 0) is 43.5 Å². The van der Waals surface area contributed by atoms with Gasteiger partial charge in [-0.2, -0.15) is 9.40 Å². The van der Waals surface area contributed by atoms with Crippen molar-refractivity contribution in [2.75, 3.05) is 18.4 Å². The molecule has 9 nitrogen and oxygen atoms in total. The number of pyridine rings is 1. The van der Waals surface area contributed by atoms with E-state index in [2.05, 4.69) is 15.5 Å². The van der Waals surface area contributed by atoms with Gasteiger partial charge < -0.3 is 9.88 Å². The molecular weight excluding hydrogens is 406 g/mol. The topological polar surface area (TPSA) is 117 Å². The summed E-state index contributed by atoms with van der Waals surface area (Å²) in [5.41, 5.74) is 1.45. The maximum Gasteiger partial charge on any atom is 0.252 e. The van der Waals surface area contributed by atoms with Crippen LogP contribution in [0.3, 0.4) is 0 Å². The minimum atomic E-state index is -3.80. The highest BCUT2D eigenvalue weighted by atomic mass is 32.2. The first kappa shape index (κ1) is 20.3. The smallest absolute Gasteiger partial charge is 0.252 e. The number of H-pyrrole nitrogens is 1. The molecule has 30 heavy (non-hydrogen) atoms. The number of aromatic nitrogens is 3. The van der Waals surface area contributed by atoms with Crippen molar-refractivity contribution in [2.24, 2.45) is 13.0 Å². The number of nitrogens with zero attached hydrogens (tertiary/aromatic N) is 3. The average Bonchev–Trinajstić information content (AvgIpc) is 3.18. The van der Waals surface area contributed by atoms with Gasteiger partial charge in [0.1, 0.15) is 4.90 Å². The molecule has 1 fully saturated rings. The Balaban J connectivity index is 1.57. The quantitative estimate of drug-likeness (QED) is 0.653. The van der Waals surface area contributed by atoms with Crippen LogP contribution in [0.4, 0.5) is 5.69 Å². The highest BCUT2D eigenvalue weighted by Gasteiger charge is 2.34. The zero-order chi connectivity index (χ0) is 21.5. The fourth-order valence-corrected chi connectivity index (χ4v) is 5.54. The van der Waals surface area contributed by atoms with Gasteiger partial charge in [0.2, 0.25) is 15.9 Å². The largest absolute Gasteiger partial charge is 0.326 e. The number of aromatic amines is 1. The van der Waals surface area contributed by atoms with Crippen molar-refractivity contribution in [1.29, 1.82) is 0 Å². The van der Waals surface area contributed by atoms with Crippen molar-refractivity contribution in [2.45, 2.75) is 24.7 Å². The summed E-state index contributed by atoms with van der Waals surface area (Å²) in [5.74, 6) is -0.793. The molecule has 10 heteroatoms. The zero-order valence-electron chi connectivity index (χ0n) is 16.8. The molecule has 1 amide bonds. The van der Waals surface area contributed by atoms with Gasteiger partial charge in [-0.3, -0.25) is 14.7 Å². The molecular formula is C20H23N5O4S. The van der Waals surface area contributed by atoms with Gasteiger partial charge in [-0.15, -0.1) is 0 Å². The molecule has 2 aromatic heterocycles. The molecule has 0 radical (unpaired) electrons. The van der Waals surface area contributed by atoms with E-state index in [1.165, 1.54) is 14.9 Å². The van der Waals surface area contributed by atoms with Crippen LogP contribution in [-0.4, -0.2) is 46.5 Å². The fourth-order valence-electron chi connectivity index (χ4n) is 3.76. The molecule has 0 spiro atoms. The molecule has 0 unspecified atom stereocenters. The number of benzene rings is 1. The normalized spacial score (nSPS) is 17.9. The van der Waals surface area contributed by atoms with E-state index in [1.54, 1.807) is 31.6 Å². The number of hydrogen-bond donors (Lipinski definition) is 2. The van der Waals surface area contributed by atoms with Crippen molar-refractivity contribution >= 4 is 32.5 Å². The zero-order valence-corrected chi connectivity index (χ0v) is 17.6. The monoisotopic (exact) mass is 429 g/mol. The van der Waals surface area contributed by atoms with Crippen LogP contribution in [0.1, 0.15) is 18.4 Å². The minimum Gasteiger partial charge on any atom is -0.326 e. The number of sulfonamides is 1. The summed E-state index contributed by atoms with van der Waals surface area (Å²) in [6, 6.07) is 6.48. The summed E-state index contributed by atoms with van der Waals surface area (Å²) in [6.45, 7) is 2.27. The highest BCUT2D eigenvalue weighted by molar-refractivity contribution is 7.89. The summed E-state index contributed by atoms with van der Waals surface area (Å²) < 4.78 is 29.5. The fraction of sp³-hybridized carbons (Fsp3) is 0.350. The predicted molar refractivity (Wildman–Crippen MR) is 113 cm³/mol. The number of rotatable bonds is 4. The van der Waals surface area contributed by atoms with E-state index < -0.39 is 15.9 Å². The summed E-state index contributed by atoms with van der Waals surface area (Å²) in [6.07, 6.45) is 4.32. The molecule has 1 aromatic carbocycles. The van der Waals surface area contributed by atoms with E-state index in [-0.39, 0.29) is 22.9 Å². The third-order valence-electron chi connectivity index (χ3n) is 5.40. The molecule has 4 rings (SSSR count). The Kier molecular flexibility index (Phi) is 5.20. The van der Waals surface area contributed by atoms with Crippen LogP contribution >= 0.6 is 0 Å². The number of piperidine rings is 1. The lowest BCUT2D eigenvalue weighted by Crippen LogP contribution is -2.43. The Hall–Kier alpha value is -2.98. The summed E-state index contributed by atoms with van der Waals surface area (Å²) in [5, 5.41) is 10.2. The molecule has 1 aliphatic heterocycles. The van der Waals surface area contributed by atoms with Gasteiger partial charge in [0, 0.05) is 43.5 Å². The van der Waals surface area contributed by atoms with Gasteiger partial charge in [-0.1, -0.05) is 0 Å². The van der Waals surface area contributed by atoms with Gasteiger partial charge in [0.05, 0.1) is 17.6 Å². The number of carbonyl (C=O) groups excluding carboxylic acids is 1. The number of hydrogen-bond acceptors (Lipinski definition) is 5. The van der Waals surface area contributed by atoms with Crippen LogP contribution in [0.15, 0.2) is 46.3 Å². The first-order chi connectivity index (χ1) is 14.3. The minimum absolute atomic E-state index is 0.0859. The van der Waals surface area contributed by atoms with E-state index in [9.17, 15) is 18.0 Å². The number of amides is 1. The van der Waals surface area contributed by atoms with Crippen LogP contribution in [-0.2, 0) is 21.9 Å². The predicted octanol–water partition coefficient (Wildman–Crippen LogP) is 1.61. The van der Waals surface area contributed by atoms with E-state index >= 15 is 0 Å². The van der Waals surface area contributed by atoms with Crippen LogP contribution in [0.5, 0.6) is 0 Å². The van der Waals surface area contributed by atoms with Gasteiger partial charge in [0.15, 0.2) is 0 Å². The van der Waals surface area contributed by atoms with Crippen LogP contribution in [0.2, 0.25) is 0 Å². The van der Waals surface area contributed by atoms with Crippen molar-refractivity contribution in [3.63, 3.8) is 0 Å². The maximum absolute atomic E-state index is 13.4. The summed E-state index contributed by atoms with van der Waals surface area (Å²) in [7, 11) is -2.18. The number of nitrogens with one attached hydrogen (secondary N) is 2. The second-order valence-corrected chi connectivity index (χ2v) is 9.56. The molecule has 2 N–H and O–H groups in total. The molecule has 1 saturated heterocycles. The number of anilines is 1.